The lowest BCUT2D eigenvalue weighted by Gasteiger charge is -2.15. The number of phenols is 3. The molecule has 0 radical (unpaired) electrons. The van der Waals surface area contributed by atoms with Gasteiger partial charge in [-0.15, -0.1) is 0 Å². The van der Waals surface area contributed by atoms with Crippen molar-refractivity contribution in [1.82, 2.24) is 0 Å². The summed E-state index contributed by atoms with van der Waals surface area (Å²) in [6.45, 7) is 3.29. The first-order valence-electron chi connectivity index (χ1n) is 22.2. The van der Waals surface area contributed by atoms with E-state index in [9.17, 15) is 15.3 Å². The van der Waals surface area contributed by atoms with E-state index in [1.54, 1.807) is 90.3 Å². The van der Waals surface area contributed by atoms with E-state index in [1.165, 1.54) is 23.3 Å². The van der Waals surface area contributed by atoms with Gasteiger partial charge in [-0.25, -0.2) is 0 Å². The van der Waals surface area contributed by atoms with E-state index in [-0.39, 0.29) is 32.3 Å². The number of carbonyl (C=O) groups excluding carboxylic acids is 4. The van der Waals surface area contributed by atoms with Crippen LogP contribution in [0.15, 0.2) is 164 Å². The van der Waals surface area contributed by atoms with E-state index in [4.69, 9.17) is 33.4 Å². The fourth-order valence-electron chi connectivity index (χ4n) is 7.19. The molecular formula is C55H52O10S12. The number of fused-ring (bicyclic) bond motifs is 2. The molecule has 77 heavy (non-hydrogen) atoms. The molecule has 8 rings (SSSR count). The number of aryl methyl sites for hydroxylation is 1. The van der Waals surface area contributed by atoms with Gasteiger partial charge in [-0.1, -0.05) is 130 Å². The minimum Gasteiger partial charge on any atom is -0.508 e. The Morgan fingerprint density at radius 2 is 0.948 bits per heavy atom. The summed E-state index contributed by atoms with van der Waals surface area (Å²) in [6.07, 6.45) is 2.82. The smallest absolute Gasteiger partial charge is 0.373 e. The molecule has 0 saturated heterocycles. The number of phenolic OH excluding ortho intramolecular Hbond substituents is 3. The van der Waals surface area contributed by atoms with Gasteiger partial charge in [0.05, 0.1) is 13.2 Å². The largest absolute Gasteiger partial charge is 0.508 e. The predicted octanol–water partition coefficient (Wildman–Crippen LogP) is 11.3. The lowest BCUT2D eigenvalue weighted by atomic mass is 9.95. The Balaban J connectivity index is 0.000000312. The van der Waals surface area contributed by atoms with Crippen LogP contribution >= 0.6 is 0 Å². The number of methoxy groups -OCH3 is 1. The quantitative estimate of drug-likeness (QED) is 0.0743. The van der Waals surface area contributed by atoms with Gasteiger partial charge >= 0.3 is 12.3 Å². The topological polar surface area (TPSA) is 157 Å². The van der Waals surface area contributed by atoms with Gasteiger partial charge in [-0.2, -0.15) is 19.2 Å². The monoisotopic (exact) mass is 1260 g/mol. The van der Waals surface area contributed by atoms with Crippen LogP contribution in [0.5, 0.6) is 23.0 Å². The van der Waals surface area contributed by atoms with E-state index >= 15 is 0 Å². The second-order valence-corrected chi connectivity index (χ2v) is 32.8. The maximum Gasteiger partial charge on any atom is 0.373 e. The molecule has 404 valence electrons. The highest BCUT2D eigenvalue weighted by Crippen LogP contribution is 2.35. The third-order valence-corrected chi connectivity index (χ3v) is 30.5. The second-order valence-electron chi connectivity index (χ2n) is 15.1. The zero-order valence-electron chi connectivity index (χ0n) is 40.4. The Morgan fingerprint density at radius 1 is 0.468 bits per heavy atom. The third-order valence-electron chi connectivity index (χ3n) is 10.5. The second kappa shape index (κ2) is 39.2. The summed E-state index contributed by atoms with van der Waals surface area (Å²) >= 11 is 9.38. The van der Waals surface area contributed by atoms with Crippen molar-refractivity contribution < 1.29 is 48.7 Å². The predicted molar refractivity (Wildman–Crippen MR) is 340 cm³/mol. The molecule has 0 aromatic heterocycles. The molecule has 0 unspecified atom stereocenters. The van der Waals surface area contributed by atoms with Crippen molar-refractivity contribution in [3.8, 4) is 45.3 Å². The van der Waals surface area contributed by atoms with Crippen LogP contribution in [0.25, 0.3) is 43.8 Å². The lowest BCUT2D eigenvalue weighted by Crippen LogP contribution is -2.09. The van der Waals surface area contributed by atoms with Crippen LogP contribution in [0.1, 0.15) is 42.2 Å². The van der Waals surface area contributed by atoms with Crippen LogP contribution in [0.4, 0.5) is 0 Å². The molecule has 0 heterocycles. The number of benzene rings is 8. The van der Waals surface area contributed by atoms with E-state index in [1.807, 2.05) is 91.0 Å². The highest BCUT2D eigenvalue weighted by atomic mass is 33.4. The number of rotatable bonds is 13. The van der Waals surface area contributed by atoms with Crippen LogP contribution in [0.3, 0.4) is 0 Å². The molecule has 0 aliphatic rings. The van der Waals surface area contributed by atoms with Gasteiger partial charge in [-0.3, -0.25) is 0 Å². The summed E-state index contributed by atoms with van der Waals surface area (Å²) in [5.41, 5.74) is 9.65. The maximum absolute atomic E-state index is 10.6. The van der Waals surface area contributed by atoms with E-state index < -0.39 is 0 Å². The Morgan fingerprint density at radius 3 is 1.49 bits per heavy atom. The number of hydrogen-bond acceptors (Lipinski definition) is 12. The zero-order chi connectivity index (χ0) is 54.8. The Labute approximate surface area is 486 Å². The first-order valence-corrected chi connectivity index (χ1v) is 36.9. The molecular weight excluding hydrogens is 1210 g/mol. The van der Waals surface area contributed by atoms with Crippen LogP contribution in [-0.2, 0) is 159 Å². The SMILES string of the molecule is C.CCc1cc(O)c2cc(-c3ccc(OCOCCOC)c(Cc4ccccc4)c3)ccc2c1.O=C=O.O=C=O.Oc1ccc(-c2ccc3cccc(O)c3c2)cc1Cc1ccccc1.S=S=S=S=S=S=S=S=S=S=S=S. The fraction of sp³-hybridized carbons (Fsp3) is 0.164. The molecule has 0 aliphatic carbocycles. The molecule has 0 atom stereocenters. The summed E-state index contributed by atoms with van der Waals surface area (Å²) in [7, 11) is 17.9. The Hall–Kier alpha value is -5.20. The van der Waals surface area contributed by atoms with E-state index in [2.05, 4.69) is 90.0 Å². The third kappa shape index (κ3) is 23.7. The molecule has 8 aromatic rings. The average Bonchev–Trinajstić information content (AvgIpc) is 3.44. The van der Waals surface area contributed by atoms with Crippen molar-refractivity contribution in [1.29, 1.82) is 0 Å². The highest BCUT2D eigenvalue weighted by Gasteiger charge is 2.12. The summed E-state index contributed by atoms with van der Waals surface area (Å²) < 4.78 is 16.5. The van der Waals surface area contributed by atoms with Crippen LogP contribution in [0.2, 0.25) is 0 Å². The standard InChI is InChI=1S/C29H30O4.C23H18O2.2CO2.CH4.S12/c1-3-21-15-25-10-9-24(19-27(25)28(30)17-21)23-11-12-29(33-20-32-14-13-31-2)26(18-23)16-22-7-5-4-6-8-22;24-22-12-11-18(14-20(22)13-16-5-2-1-3-6-16)19-10-9-17-7-4-8-23(25)21(17)15-19;2*2-1-3;;1-3-5-7-9-11-12-10-8-6-4-2/h4-12,15,17-19,30H,3,13-14,16,20H2,1-2H3;1-12,14-15,24-25H,13H2;;;1H4;. The summed E-state index contributed by atoms with van der Waals surface area (Å²) in [6, 6.07) is 54.1. The van der Waals surface area contributed by atoms with Crippen LogP contribution in [0, 0.1) is 0 Å². The van der Waals surface area contributed by atoms with Crippen molar-refractivity contribution in [3.63, 3.8) is 0 Å². The lowest BCUT2D eigenvalue weighted by molar-refractivity contribution is -0.193. The molecule has 0 bridgehead atoms. The van der Waals surface area contributed by atoms with Gasteiger partial charge in [-0.05, 0) is 116 Å². The van der Waals surface area contributed by atoms with Crippen LogP contribution < -0.4 is 4.74 Å². The molecule has 8 aromatic carbocycles. The Bertz CT molecular complexity index is 3660. The minimum absolute atomic E-state index is 0. The number of aromatic hydroxyl groups is 3. The molecule has 0 spiro atoms. The summed E-state index contributed by atoms with van der Waals surface area (Å²) in [4.78, 5) is 32.5. The van der Waals surface area contributed by atoms with Gasteiger partial charge in [0.25, 0.3) is 0 Å². The average molecular weight is 1260 g/mol. The first kappa shape index (κ1) is 66.1. The van der Waals surface area contributed by atoms with Crippen molar-refractivity contribution in [2.75, 3.05) is 27.1 Å². The van der Waals surface area contributed by atoms with Gasteiger partial charge < -0.3 is 29.5 Å². The zero-order valence-corrected chi connectivity index (χ0v) is 50.2. The molecule has 0 saturated carbocycles. The van der Waals surface area contributed by atoms with Gasteiger partial charge in [0.2, 0.25) is 0 Å². The number of ether oxygens (including phenoxy) is 3. The van der Waals surface area contributed by atoms with Gasteiger partial charge in [0.1, 0.15) is 23.0 Å². The Kier molecular flexibility index (Phi) is 33.6. The van der Waals surface area contributed by atoms with Crippen molar-refractivity contribution >= 4 is 145 Å². The van der Waals surface area contributed by atoms with Crippen molar-refractivity contribution in [3.05, 3.63) is 192 Å². The molecule has 0 amide bonds. The molecule has 0 aliphatic heterocycles. The van der Waals surface area contributed by atoms with Crippen molar-refractivity contribution in [2.24, 2.45) is 0 Å². The molecule has 22 heteroatoms. The maximum atomic E-state index is 10.6. The summed E-state index contributed by atoms with van der Waals surface area (Å²) in [5, 5.41) is 34.6. The number of hydrogen-bond donors (Lipinski definition) is 3. The molecule has 0 fully saturated rings. The molecule has 10 nitrogen and oxygen atoms in total. The minimum atomic E-state index is 0. The van der Waals surface area contributed by atoms with Crippen molar-refractivity contribution in [2.45, 2.75) is 33.6 Å². The van der Waals surface area contributed by atoms with Crippen LogP contribution in [-0.4, -0.2) is 54.7 Å². The first-order chi connectivity index (χ1) is 37.1. The molecule has 3 N–H and O–H groups in total. The van der Waals surface area contributed by atoms with Gasteiger partial charge in [0, 0.05) is 142 Å². The van der Waals surface area contributed by atoms with Gasteiger partial charge in [0.15, 0.2) is 6.79 Å². The van der Waals surface area contributed by atoms with E-state index in [0.29, 0.717) is 31.1 Å². The summed E-state index contributed by atoms with van der Waals surface area (Å²) in [5.74, 6) is 1.71. The van der Waals surface area contributed by atoms with E-state index in [0.717, 1.165) is 84.6 Å². The fourth-order valence-corrected chi connectivity index (χ4v) is 29.1. The highest BCUT2D eigenvalue weighted by molar-refractivity contribution is 8.75. The normalized spacial score (nSPS) is 9.58.